The van der Waals surface area contributed by atoms with Gasteiger partial charge in [0.2, 0.25) is 0 Å². The number of fused-ring (bicyclic) bond motifs is 1. The monoisotopic (exact) mass is 243 g/mol. The molecule has 0 bridgehead atoms. The molecule has 2 rings (SSSR count). The number of hydrogen-bond acceptors (Lipinski definition) is 3. The predicted molar refractivity (Wildman–Crippen MR) is 72.3 cm³/mol. The predicted octanol–water partition coefficient (Wildman–Crippen LogP) is 2.49. The molecule has 1 unspecified atom stereocenters. The van der Waals surface area contributed by atoms with Crippen LogP contribution in [0.15, 0.2) is 42.5 Å². The van der Waals surface area contributed by atoms with E-state index in [1.54, 1.807) is 6.92 Å². The highest BCUT2D eigenvalue weighted by Crippen LogP contribution is 2.18. The minimum absolute atomic E-state index is 0.241. The molecular formula is C15H17NO2. The van der Waals surface area contributed by atoms with Gasteiger partial charge in [-0.2, -0.15) is 0 Å². The number of esters is 1. The maximum absolute atomic E-state index is 11.3. The fourth-order valence-electron chi connectivity index (χ4n) is 1.97. The van der Waals surface area contributed by atoms with Crippen molar-refractivity contribution in [1.82, 2.24) is 5.32 Å². The molecule has 0 heterocycles. The number of carbonyl (C=O) groups excluding carboxylic acids is 1. The summed E-state index contributed by atoms with van der Waals surface area (Å²) in [4.78, 5) is 11.3. The van der Waals surface area contributed by atoms with Crippen LogP contribution >= 0.6 is 0 Å². The lowest BCUT2D eigenvalue weighted by atomic mass is 10.0. The van der Waals surface area contributed by atoms with Gasteiger partial charge < -0.3 is 10.1 Å². The van der Waals surface area contributed by atoms with E-state index in [1.807, 2.05) is 18.2 Å². The lowest BCUT2D eigenvalue weighted by molar-refractivity contribution is -0.142. The molecule has 0 aliphatic carbocycles. The third-order valence-corrected chi connectivity index (χ3v) is 3.03. The average molecular weight is 243 g/mol. The second-order valence-electron chi connectivity index (χ2n) is 4.26. The fraction of sp³-hybridized carbons (Fsp3) is 0.267. The lowest BCUT2D eigenvalue weighted by Gasteiger charge is -2.12. The topological polar surface area (TPSA) is 38.3 Å². The van der Waals surface area contributed by atoms with E-state index in [0.717, 1.165) is 0 Å². The van der Waals surface area contributed by atoms with Crippen LogP contribution in [0.4, 0.5) is 0 Å². The quantitative estimate of drug-likeness (QED) is 0.838. The molecule has 2 aromatic carbocycles. The van der Waals surface area contributed by atoms with Crippen molar-refractivity contribution in [3.05, 3.63) is 48.0 Å². The molecule has 0 saturated heterocycles. The Kier molecular flexibility index (Phi) is 3.95. The Bertz CT molecular complexity index is 546. The SMILES string of the molecule is COC(=O)C(C)NCc1cccc2ccccc12. The number of rotatable bonds is 4. The van der Waals surface area contributed by atoms with Crippen molar-refractivity contribution >= 4 is 16.7 Å². The minimum Gasteiger partial charge on any atom is -0.468 e. The number of carbonyl (C=O) groups is 1. The highest BCUT2D eigenvalue weighted by Gasteiger charge is 2.12. The summed E-state index contributed by atoms with van der Waals surface area (Å²) in [5, 5.41) is 5.59. The molecule has 3 nitrogen and oxygen atoms in total. The summed E-state index contributed by atoms with van der Waals surface area (Å²) in [6.07, 6.45) is 0. The normalized spacial score (nSPS) is 12.3. The van der Waals surface area contributed by atoms with Crippen LogP contribution in [0.3, 0.4) is 0 Å². The lowest BCUT2D eigenvalue weighted by Crippen LogP contribution is -2.34. The van der Waals surface area contributed by atoms with Crippen LogP contribution in [0.25, 0.3) is 10.8 Å². The first-order valence-corrected chi connectivity index (χ1v) is 6.00. The Balaban J connectivity index is 2.15. The van der Waals surface area contributed by atoms with E-state index >= 15 is 0 Å². The first kappa shape index (κ1) is 12.6. The molecule has 94 valence electrons. The van der Waals surface area contributed by atoms with Crippen molar-refractivity contribution in [2.75, 3.05) is 7.11 Å². The first-order valence-electron chi connectivity index (χ1n) is 6.00. The van der Waals surface area contributed by atoms with Crippen LogP contribution in [-0.2, 0) is 16.1 Å². The van der Waals surface area contributed by atoms with Crippen molar-refractivity contribution < 1.29 is 9.53 Å². The molecule has 0 aliphatic rings. The third-order valence-electron chi connectivity index (χ3n) is 3.03. The van der Waals surface area contributed by atoms with E-state index in [0.29, 0.717) is 6.54 Å². The van der Waals surface area contributed by atoms with Crippen molar-refractivity contribution in [3.8, 4) is 0 Å². The summed E-state index contributed by atoms with van der Waals surface area (Å²) in [7, 11) is 1.40. The number of nitrogens with one attached hydrogen (secondary N) is 1. The van der Waals surface area contributed by atoms with Gasteiger partial charge in [0.1, 0.15) is 6.04 Å². The number of methoxy groups -OCH3 is 1. The molecule has 0 amide bonds. The summed E-state index contributed by atoms with van der Waals surface area (Å²) >= 11 is 0. The highest BCUT2D eigenvalue weighted by atomic mass is 16.5. The van der Waals surface area contributed by atoms with E-state index in [2.05, 4.69) is 34.3 Å². The van der Waals surface area contributed by atoms with Gasteiger partial charge in [0.25, 0.3) is 0 Å². The second-order valence-corrected chi connectivity index (χ2v) is 4.26. The molecule has 1 atom stereocenters. The minimum atomic E-state index is -0.297. The van der Waals surface area contributed by atoms with E-state index in [4.69, 9.17) is 0 Å². The van der Waals surface area contributed by atoms with Crippen LogP contribution in [0.5, 0.6) is 0 Å². The summed E-state index contributed by atoms with van der Waals surface area (Å²) in [6, 6.07) is 14.1. The zero-order valence-corrected chi connectivity index (χ0v) is 10.6. The third kappa shape index (κ3) is 2.68. The van der Waals surface area contributed by atoms with E-state index in [9.17, 15) is 4.79 Å². The van der Waals surface area contributed by atoms with Gasteiger partial charge in [-0.3, -0.25) is 4.79 Å². The highest BCUT2D eigenvalue weighted by molar-refractivity contribution is 5.85. The van der Waals surface area contributed by atoms with Gasteiger partial charge in [0, 0.05) is 6.54 Å². The standard InChI is InChI=1S/C15H17NO2/c1-11(15(17)18-2)16-10-13-8-5-7-12-6-3-4-9-14(12)13/h3-9,11,16H,10H2,1-2H3. The Morgan fingerprint density at radius 2 is 1.94 bits per heavy atom. The molecule has 0 saturated carbocycles. The summed E-state index contributed by atoms with van der Waals surface area (Å²) in [6.45, 7) is 2.45. The molecule has 0 aliphatic heterocycles. The summed E-state index contributed by atoms with van der Waals surface area (Å²) < 4.78 is 4.69. The fourth-order valence-corrected chi connectivity index (χ4v) is 1.97. The van der Waals surface area contributed by atoms with Crippen LogP contribution in [0.1, 0.15) is 12.5 Å². The zero-order chi connectivity index (χ0) is 13.0. The number of benzene rings is 2. The maximum atomic E-state index is 11.3. The van der Waals surface area contributed by atoms with Crippen molar-refractivity contribution in [3.63, 3.8) is 0 Å². The van der Waals surface area contributed by atoms with Crippen LogP contribution in [0, 0.1) is 0 Å². The molecule has 18 heavy (non-hydrogen) atoms. The average Bonchev–Trinajstić information content (AvgIpc) is 2.43. The van der Waals surface area contributed by atoms with Gasteiger partial charge in [-0.25, -0.2) is 0 Å². The molecule has 0 fully saturated rings. The van der Waals surface area contributed by atoms with E-state index in [1.165, 1.54) is 23.4 Å². The molecule has 0 spiro atoms. The van der Waals surface area contributed by atoms with Gasteiger partial charge in [0.15, 0.2) is 0 Å². The Morgan fingerprint density at radius 1 is 1.22 bits per heavy atom. The summed E-state index contributed by atoms with van der Waals surface area (Å²) in [5.74, 6) is -0.241. The Morgan fingerprint density at radius 3 is 2.72 bits per heavy atom. The molecule has 2 aromatic rings. The van der Waals surface area contributed by atoms with Crippen molar-refractivity contribution in [1.29, 1.82) is 0 Å². The van der Waals surface area contributed by atoms with Gasteiger partial charge in [0.05, 0.1) is 7.11 Å². The van der Waals surface area contributed by atoms with Crippen LogP contribution in [0.2, 0.25) is 0 Å². The smallest absolute Gasteiger partial charge is 0.322 e. The Labute approximate surface area is 107 Å². The van der Waals surface area contributed by atoms with Crippen molar-refractivity contribution in [2.45, 2.75) is 19.5 Å². The zero-order valence-electron chi connectivity index (χ0n) is 10.6. The number of ether oxygens (including phenoxy) is 1. The molecule has 0 aromatic heterocycles. The van der Waals surface area contributed by atoms with Gasteiger partial charge >= 0.3 is 5.97 Å². The molecular weight excluding hydrogens is 226 g/mol. The van der Waals surface area contributed by atoms with Crippen LogP contribution in [-0.4, -0.2) is 19.1 Å². The first-order chi connectivity index (χ1) is 8.72. The van der Waals surface area contributed by atoms with E-state index < -0.39 is 0 Å². The molecule has 1 N–H and O–H groups in total. The number of hydrogen-bond donors (Lipinski definition) is 1. The largest absolute Gasteiger partial charge is 0.468 e. The van der Waals surface area contributed by atoms with Gasteiger partial charge in [-0.1, -0.05) is 42.5 Å². The molecule has 0 radical (unpaired) electrons. The summed E-state index contributed by atoms with van der Waals surface area (Å²) in [5.41, 5.74) is 1.18. The van der Waals surface area contributed by atoms with Crippen molar-refractivity contribution in [2.24, 2.45) is 0 Å². The van der Waals surface area contributed by atoms with Gasteiger partial charge in [-0.05, 0) is 23.3 Å². The maximum Gasteiger partial charge on any atom is 0.322 e. The Hall–Kier alpha value is -1.87. The van der Waals surface area contributed by atoms with E-state index in [-0.39, 0.29) is 12.0 Å². The molecule has 3 heteroatoms. The second kappa shape index (κ2) is 5.65. The van der Waals surface area contributed by atoms with Crippen LogP contribution < -0.4 is 5.32 Å². The van der Waals surface area contributed by atoms with Gasteiger partial charge in [-0.15, -0.1) is 0 Å².